The van der Waals surface area contributed by atoms with Crippen LogP contribution >= 0.6 is 0 Å². The van der Waals surface area contributed by atoms with Gasteiger partial charge in [0.05, 0.1) is 18.8 Å². The number of esters is 1. The Hall–Kier alpha value is -3.91. The number of rotatable bonds is 7. The molecule has 0 aromatic heterocycles. The lowest BCUT2D eigenvalue weighted by Gasteiger charge is -2.37. The Balaban J connectivity index is 1.93. The van der Waals surface area contributed by atoms with Crippen molar-refractivity contribution >= 4 is 18.0 Å². The molecule has 2 aliphatic heterocycles. The van der Waals surface area contributed by atoms with E-state index in [0.29, 0.717) is 35.0 Å². The number of hydrogen-bond donors (Lipinski definition) is 0. The van der Waals surface area contributed by atoms with Gasteiger partial charge in [0.1, 0.15) is 11.6 Å². The number of allylic oxidation sites excluding steroid dienone is 2. The Bertz CT molecular complexity index is 1320. The number of carbonyl (C=O) groups excluding carboxylic acids is 2. The lowest BCUT2D eigenvalue weighted by molar-refractivity contribution is -0.150. The van der Waals surface area contributed by atoms with E-state index in [1.807, 2.05) is 88.4 Å². The number of benzene rings is 2. The Morgan fingerprint density at radius 2 is 1.55 bits per heavy atom. The molecule has 1 amide bonds. The molecule has 2 heterocycles. The van der Waals surface area contributed by atoms with Crippen LogP contribution in [0.3, 0.4) is 0 Å². The van der Waals surface area contributed by atoms with E-state index >= 15 is 0 Å². The van der Waals surface area contributed by atoms with E-state index in [9.17, 15) is 9.59 Å². The van der Waals surface area contributed by atoms with E-state index in [4.69, 9.17) is 23.9 Å². The van der Waals surface area contributed by atoms with E-state index in [1.54, 1.807) is 21.0 Å². The molecular formula is C32H38N2O6. The van der Waals surface area contributed by atoms with Gasteiger partial charge in [-0.05, 0) is 52.7 Å². The summed E-state index contributed by atoms with van der Waals surface area (Å²) in [6.45, 7) is 11.3. The first-order valence-corrected chi connectivity index (χ1v) is 13.5. The number of nitrogens with zero attached hydrogens (tertiary/aromatic N) is 2. The zero-order chi connectivity index (χ0) is 29.0. The van der Waals surface area contributed by atoms with Crippen molar-refractivity contribution in [2.45, 2.75) is 65.2 Å². The van der Waals surface area contributed by atoms with Gasteiger partial charge in [-0.15, -0.1) is 0 Å². The van der Waals surface area contributed by atoms with Gasteiger partial charge >= 0.3 is 12.1 Å². The third-order valence-electron chi connectivity index (χ3n) is 6.80. The van der Waals surface area contributed by atoms with Crippen LogP contribution in [0.4, 0.5) is 4.79 Å². The Morgan fingerprint density at radius 1 is 0.950 bits per heavy atom. The largest absolute Gasteiger partial charge is 0.467 e. The highest BCUT2D eigenvalue weighted by atomic mass is 16.6. The van der Waals surface area contributed by atoms with Gasteiger partial charge in [-0.3, -0.25) is 4.90 Å². The smallest absolute Gasteiger partial charge is 0.418 e. The number of carbonyl (C=O) groups is 2. The zero-order valence-electron chi connectivity index (χ0n) is 24.3. The fourth-order valence-corrected chi connectivity index (χ4v) is 5.18. The Morgan fingerprint density at radius 3 is 2.10 bits per heavy atom. The fraction of sp³-hybridized carbons (Fsp3) is 0.406. The van der Waals surface area contributed by atoms with Crippen LogP contribution in [0.2, 0.25) is 0 Å². The van der Waals surface area contributed by atoms with E-state index in [1.165, 1.54) is 4.90 Å². The molecule has 8 nitrogen and oxygen atoms in total. The lowest BCUT2D eigenvalue weighted by atomic mass is 9.79. The summed E-state index contributed by atoms with van der Waals surface area (Å²) in [6, 6.07) is 19.2. The second-order valence-corrected chi connectivity index (χ2v) is 10.8. The highest BCUT2D eigenvalue weighted by Crippen LogP contribution is 2.46. The fourth-order valence-electron chi connectivity index (χ4n) is 5.18. The van der Waals surface area contributed by atoms with Crippen LogP contribution in [-0.2, 0) is 23.7 Å². The summed E-state index contributed by atoms with van der Waals surface area (Å²) in [6.07, 6.45) is -0.991. The van der Waals surface area contributed by atoms with Crippen molar-refractivity contribution in [2.24, 2.45) is 4.99 Å². The maximum Gasteiger partial charge on any atom is 0.418 e. The van der Waals surface area contributed by atoms with Gasteiger partial charge in [0.25, 0.3) is 0 Å². The van der Waals surface area contributed by atoms with Gasteiger partial charge in [0.15, 0.2) is 6.10 Å². The number of hydrogen-bond acceptors (Lipinski definition) is 7. The highest BCUT2D eigenvalue weighted by molar-refractivity contribution is 6.04. The van der Waals surface area contributed by atoms with Gasteiger partial charge in [-0.2, -0.15) is 0 Å². The van der Waals surface area contributed by atoms with Crippen LogP contribution < -0.4 is 0 Å². The monoisotopic (exact) mass is 546 g/mol. The molecule has 0 unspecified atom stereocenters. The predicted octanol–water partition coefficient (Wildman–Crippen LogP) is 6.32. The van der Waals surface area contributed by atoms with Crippen LogP contribution in [0.1, 0.15) is 64.7 Å². The standard InChI is InChI=1S/C32H38N2O6/c1-8-38-31(36)34-20(2)25(29-33-24(19-37-7)28(39-29)23-17-13-10-14-18-23)27(22-15-11-9-12-16-22)26(21(34)3)30(35)40-32(4,5)6/h9-18,24,27-28H,8,19H2,1-7H3/t24-,27-,28-/m0/s1. The second-order valence-electron chi connectivity index (χ2n) is 10.8. The van der Waals surface area contributed by atoms with Crippen LogP contribution in [0.15, 0.2) is 88.2 Å². The Labute approximate surface area is 236 Å². The summed E-state index contributed by atoms with van der Waals surface area (Å²) in [5, 5.41) is 0. The van der Waals surface area contributed by atoms with Crippen molar-refractivity contribution in [3.8, 4) is 0 Å². The molecule has 212 valence electrons. The highest BCUT2D eigenvalue weighted by Gasteiger charge is 2.45. The average Bonchev–Trinajstić information content (AvgIpc) is 3.32. The molecule has 0 radical (unpaired) electrons. The van der Waals surface area contributed by atoms with E-state index in [0.717, 1.165) is 11.1 Å². The zero-order valence-corrected chi connectivity index (χ0v) is 24.3. The first-order valence-electron chi connectivity index (χ1n) is 13.5. The summed E-state index contributed by atoms with van der Waals surface area (Å²) >= 11 is 0. The van der Waals surface area contributed by atoms with Crippen molar-refractivity contribution < 1.29 is 28.5 Å². The predicted molar refractivity (Wildman–Crippen MR) is 153 cm³/mol. The second kappa shape index (κ2) is 12.1. The normalized spacial score (nSPS) is 21.2. The third kappa shape index (κ3) is 5.97. The number of ether oxygens (including phenoxy) is 4. The van der Waals surface area contributed by atoms with Crippen LogP contribution in [0.25, 0.3) is 0 Å². The van der Waals surface area contributed by atoms with E-state index < -0.39 is 29.7 Å². The van der Waals surface area contributed by atoms with Crippen molar-refractivity contribution in [3.63, 3.8) is 0 Å². The molecule has 0 aliphatic carbocycles. The minimum Gasteiger partial charge on any atom is -0.467 e. The average molecular weight is 547 g/mol. The number of aliphatic imine (C=N–C) groups is 1. The topological polar surface area (TPSA) is 86.7 Å². The summed E-state index contributed by atoms with van der Waals surface area (Å²) < 4.78 is 23.4. The summed E-state index contributed by atoms with van der Waals surface area (Å²) in [4.78, 5) is 33.6. The molecule has 2 aromatic carbocycles. The first kappa shape index (κ1) is 29.1. The van der Waals surface area contributed by atoms with Gasteiger partial charge < -0.3 is 18.9 Å². The summed E-state index contributed by atoms with van der Waals surface area (Å²) in [5.41, 5.74) is 2.99. The molecule has 0 spiro atoms. The van der Waals surface area contributed by atoms with Crippen LogP contribution in [-0.4, -0.2) is 54.8 Å². The molecule has 8 heteroatoms. The summed E-state index contributed by atoms with van der Waals surface area (Å²) in [7, 11) is 1.63. The van der Waals surface area contributed by atoms with Crippen molar-refractivity contribution in [1.29, 1.82) is 0 Å². The molecule has 0 fully saturated rings. The van der Waals surface area contributed by atoms with Gasteiger partial charge in [0.2, 0.25) is 5.90 Å². The molecule has 2 aromatic rings. The molecular weight excluding hydrogens is 508 g/mol. The first-order chi connectivity index (χ1) is 19.1. The molecule has 2 aliphatic rings. The number of methoxy groups -OCH3 is 1. The Kier molecular flexibility index (Phi) is 8.79. The molecule has 0 saturated heterocycles. The SMILES string of the molecule is CCOC(=O)N1C(C)=C(C(=O)OC(C)(C)C)[C@@H](c2ccccc2)C(C2=N[C@@H](COC)[C@H](c3ccccc3)O2)=C1C. The summed E-state index contributed by atoms with van der Waals surface area (Å²) in [5.74, 6) is -0.770. The van der Waals surface area contributed by atoms with Crippen LogP contribution in [0, 0.1) is 0 Å². The molecule has 0 bridgehead atoms. The minimum atomic E-state index is -0.750. The van der Waals surface area contributed by atoms with Gasteiger partial charge in [-0.1, -0.05) is 60.7 Å². The third-order valence-corrected chi connectivity index (χ3v) is 6.80. The quantitative estimate of drug-likeness (QED) is 0.378. The lowest BCUT2D eigenvalue weighted by Crippen LogP contribution is -2.39. The maximum atomic E-state index is 13.9. The van der Waals surface area contributed by atoms with E-state index in [-0.39, 0.29) is 12.6 Å². The van der Waals surface area contributed by atoms with Gasteiger partial charge in [0, 0.05) is 30.0 Å². The molecule has 4 rings (SSSR count). The number of amides is 1. The van der Waals surface area contributed by atoms with Crippen molar-refractivity contribution in [1.82, 2.24) is 4.90 Å². The minimum absolute atomic E-state index is 0.179. The molecule has 0 N–H and O–H groups in total. The van der Waals surface area contributed by atoms with Crippen molar-refractivity contribution in [2.75, 3.05) is 20.3 Å². The molecule has 40 heavy (non-hydrogen) atoms. The van der Waals surface area contributed by atoms with E-state index in [2.05, 4.69) is 0 Å². The van der Waals surface area contributed by atoms with Crippen molar-refractivity contribution in [3.05, 3.63) is 94.3 Å². The van der Waals surface area contributed by atoms with Gasteiger partial charge in [-0.25, -0.2) is 14.6 Å². The molecule has 0 saturated carbocycles. The maximum absolute atomic E-state index is 13.9. The van der Waals surface area contributed by atoms with Crippen LogP contribution in [0.5, 0.6) is 0 Å². The molecule has 3 atom stereocenters.